The van der Waals surface area contributed by atoms with Crippen molar-refractivity contribution in [2.45, 2.75) is 31.7 Å². The molecule has 1 aromatic rings. The molecule has 23 heavy (non-hydrogen) atoms. The zero-order valence-electron chi connectivity index (χ0n) is 12.2. The average Bonchev–Trinajstić information content (AvgIpc) is 2.77. The molecule has 0 bridgehead atoms. The van der Waals surface area contributed by atoms with Crippen molar-refractivity contribution < 1.29 is 19.3 Å². The van der Waals surface area contributed by atoms with Crippen LogP contribution in [0.1, 0.15) is 36.0 Å². The van der Waals surface area contributed by atoms with E-state index in [1.54, 1.807) is 0 Å². The Hall–Kier alpha value is -2.97. The molecule has 0 saturated carbocycles. The molecule has 0 unspecified atom stereocenters. The van der Waals surface area contributed by atoms with Gasteiger partial charge in [0.25, 0.3) is 17.5 Å². The predicted molar refractivity (Wildman–Crippen MR) is 79.1 cm³/mol. The zero-order chi connectivity index (χ0) is 16.8. The highest BCUT2D eigenvalue weighted by molar-refractivity contribution is 5.96. The topological polar surface area (TPSA) is 130 Å². The lowest BCUT2D eigenvalue weighted by molar-refractivity contribution is -0.384. The van der Waals surface area contributed by atoms with Gasteiger partial charge in [0.05, 0.1) is 4.92 Å². The number of nitro groups is 1. The van der Waals surface area contributed by atoms with Gasteiger partial charge in [-0.05, 0) is 18.9 Å². The molecule has 9 nitrogen and oxygen atoms in total. The van der Waals surface area contributed by atoms with Crippen LogP contribution in [0.3, 0.4) is 0 Å². The van der Waals surface area contributed by atoms with E-state index in [1.165, 1.54) is 18.2 Å². The highest BCUT2D eigenvalue weighted by atomic mass is 16.6. The van der Waals surface area contributed by atoms with Gasteiger partial charge in [-0.1, -0.05) is 12.5 Å². The maximum atomic E-state index is 12.0. The molecule has 0 aromatic heterocycles. The van der Waals surface area contributed by atoms with Crippen LogP contribution in [0.5, 0.6) is 0 Å². The molecule has 3 N–H and O–H groups in total. The summed E-state index contributed by atoms with van der Waals surface area (Å²) in [6.45, 7) is 0. The first-order valence-corrected chi connectivity index (χ1v) is 7.11. The highest BCUT2D eigenvalue weighted by Crippen LogP contribution is 2.13. The summed E-state index contributed by atoms with van der Waals surface area (Å²) in [5.74, 6) is -1.41. The van der Waals surface area contributed by atoms with E-state index in [4.69, 9.17) is 0 Å². The van der Waals surface area contributed by atoms with Crippen molar-refractivity contribution in [3.63, 3.8) is 0 Å². The number of carbonyl (C=O) groups excluding carboxylic acids is 3. The van der Waals surface area contributed by atoms with Gasteiger partial charge < -0.3 is 5.32 Å². The molecule has 0 aliphatic carbocycles. The standard InChI is InChI=1S/C14H16N4O5/c19-12-7-2-1-6-11(15-12)14(21)17-16-13(20)9-4-3-5-10(8-9)18(22)23/h3-5,8,11H,1-2,6-7H2,(H,15,19)(H,16,20)(H,17,21)/t11-/m0/s1. The summed E-state index contributed by atoms with van der Waals surface area (Å²) in [6, 6.07) is 4.43. The van der Waals surface area contributed by atoms with Gasteiger partial charge in [0.2, 0.25) is 5.91 Å². The van der Waals surface area contributed by atoms with Gasteiger partial charge in [0.15, 0.2) is 0 Å². The Bertz CT molecular complexity index is 646. The van der Waals surface area contributed by atoms with Crippen LogP contribution in [0.2, 0.25) is 0 Å². The molecule has 1 heterocycles. The first kappa shape index (κ1) is 16.4. The van der Waals surface area contributed by atoms with Crippen LogP contribution in [0, 0.1) is 10.1 Å². The molecule has 0 radical (unpaired) electrons. The van der Waals surface area contributed by atoms with Gasteiger partial charge in [-0.3, -0.25) is 35.3 Å². The highest BCUT2D eigenvalue weighted by Gasteiger charge is 2.23. The minimum absolute atomic E-state index is 0.0457. The minimum atomic E-state index is -0.699. The summed E-state index contributed by atoms with van der Waals surface area (Å²) in [5, 5.41) is 13.3. The van der Waals surface area contributed by atoms with E-state index in [1.807, 2.05) is 0 Å². The summed E-state index contributed by atoms with van der Waals surface area (Å²) < 4.78 is 0. The van der Waals surface area contributed by atoms with Crippen LogP contribution in [-0.4, -0.2) is 28.7 Å². The number of carbonyl (C=O) groups is 3. The normalized spacial score (nSPS) is 17.6. The van der Waals surface area contributed by atoms with Crippen molar-refractivity contribution in [2.24, 2.45) is 0 Å². The number of nitrogens with zero attached hydrogens (tertiary/aromatic N) is 1. The molecule has 122 valence electrons. The second-order valence-corrected chi connectivity index (χ2v) is 5.12. The van der Waals surface area contributed by atoms with Gasteiger partial charge in [-0.2, -0.15) is 0 Å². The summed E-state index contributed by atoms with van der Waals surface area (Å²) in [4.78, 5) is 45.3. The summed E-state index contributed by atoms with van der Waals surface area (Å²) >= 11 is 0. The van der Waals surface area contributed by atoms with E-state index in [0.717, 1.165) is 18.9 Å². The molecular formula is C14H16N4O5. The smallest absolute Gasteiger partial charge is 0.270 e. The SMILES string of the molecule is O=C1CCCC[C@@H](C(=O)NNC(=O)c2cccc([N+](=O)[O-])c2)N1. The summed E-state index contributed by atoms with van der Waals surface area (Å²) in [7, 11) is 0. The van der Waals surface area contributed by atoms with Crippen LogP contribution in [0.15, 0.2) is 24.3 Å². The number of amides is 3. The molecule has 1 aliphatic rings. The fourth-order valence-electron chi connectivity index (χ4n) is 2.21. The van der Waals surface area contributed by atoms with Gasteiger partial charge in [0.1, 0.15) is 6.04 Å². The van der Waals surface area contributed by atoms with Crippen molar-refractivity contribution in [3.05, 3.63) is 39.9 Å². The summed E-state index contributed by atoms with van der Waals surface area (Å²) in [6.07, 6.45) is 2.32. The van der Waals surface area contributed by atoms with Gasteiger partial charge in [-0.15, -0.1) is 0 Å². The van der Waals surface area contributed by atoms with E-state index < -0.39 is 22.8 Å². The second kappa shape index (κ2) is 7.34. The molecule has 1 fully saturated rings. The monoisotopic (exact) mass is 320 g/mol. The number of hydrazine groups is 1. The Balaban J connectivity index is 1.93. The van der Waals surface area contributed by atoms with E-state index >= 15 is 0 Å². The molecule has 9 heteroatoms. The fourth-order valence-corrected chi connectivity index (χ4v) is 2.21. The molecule has 1 atom stereocenters. The van der Waals surface area contributed by atoms with Crippen LogP contribution >= 0.6 is 0 Å². The first-order valence-electron chi connectivity index (χ1n) is 7.11. The van der Waals surface area contributed by atoms with E-state index in [0.29, 0.717) is 12.8 Å². The molecule has 1 aromatic carbocycles. The first-order chi connectivity index (χ1) is 11.0. The predicted octanol–water partition coefficient (Wildman–Crippen LogP) is 0.415. The van der Waals surface area contributed by atoms with Crippen molar-refractivity contribution in [2.75, 3.05) is 0 Å². The van der Waals surface area contributed by atoms with Crippen molar-refractivity contribution in [1.82, 2.24) is 16.2 Å². The lowest BCUT2D eigenvalue weighted by atomic mass is 10.1. The molecule has 0 spiro atoms. The Labute approximate surface area is 131 Å². The molecule has 1 saturated heterocycles. The van der Waals surface area contributed by atoms with E-state index in [-0.39, 0.29) is 17.2 Å². The van der Waals surface area contributed by atoms with Gasteiger partial charge in [-0.25, -0.2) is 0 Å². The van der Waals surface area contributed by atoms with Crippen molar-refractivity contribution in [1.29, 1.82) is 0 Å². The Morgan fingerprint density at radius 2 is 2.04 bits per heavy atom. The molecule has 2 rings (SSSR count). The Morgan fingerprint density at radius 3 is 2.78 bits per heavy atom. The van der Waals surface area contributed by atoms with Gasteiger partial charge >= 0.3 is 0 Å². The molecule has 1 aliphatic heterocycles. The van der Waals surface area contributed by atoms with E-state index in [2.05, 4.69) is 16.2 Å². The summed E-state index contributed by atoms with van der Waals surface area (Å²) in [5.41, 5.74) is 4.23. The van der Waals surface area contributed by atoms with Crippen LogP contribution in [0.25, 0.3) is 0 Å². The van der Waals surface area contributed by atoms with Crippen molar-refractivity contribution in [3.8, 4) is 0 Å². The second-order valence-electron chi connectivity index (χ2n) is 5.12. The molecule has 3 amide bonds. The number of nitro benzene ring substituents is 1. The van der Waals surface area contributed by atoms with Crippen LogP contribution < -0.4 is 16.2 Å². The number of nitrogens with one attached hydrogen (secondary N) is 3. The largest absolute Gasteiger partial charge is 0.344 e. The average molecular weight is 320 g/mol. The third kappa shape index (κ3) is 4.50. The third-order valence-electron chi connectivity index (χ3n) is 3.42. The number of hydrogen-bond acceptors (Lipinski definition) is 5. The maximum Gasteiger partial charge on any atom is 0.270 e. The third-order valence-corrected chi connectivity index (χ3v) is 3.42. The molecular weight excluding hydrogens is 304 g/mol. The number of hydrogen-bond donors (Lipinski definition) is 3. The zero-order valence-corrected chi connectivity index (χ0v) is 12.2. The van der Waals surface area contributed by atoms with Crippen molar-refractivity contribution >= 4 is 23.4 Å². The van der Waals surface area contributed by atoms with Crippen LogP contribution in [0.4, 0.5) is 5.69 Å². The lowest BCUT2D eigenvalue weighted by Gasteiger charge is -2.16. The number of benzene rings is 1. The lowest BCUT2D eigenvalue weighted by Crippen LogP contribution is -2.51. The quantitative estimate of drug-likeness (QED) is 0.548. The van der Waals surface area contributed by atoms with Crippen LogP contribution in [-0.2, 0) is 9.59 Å². The minimum Gasteiger partial charge on any atom is -0.344 e. The van der Waals surface area contributed by atoms with Gasteiger partial charge in [0, 0.05) is 24.1 Å². The van der Waals surface area contributed by atoms with E-state index in [9.17, 15) is 24.5 Å². The number of non-ortho nitro benzene ring substituents is 1. The Morgan fingerprint density at radius 1 is 1.26 bits per heavy atom. The fraction of sp³-hybridized carbons (Fsp3) is 0.357. The number of rotatable bonds is 3. The maximum absolute atomic E-state index is 12.0. The Kier molecular flexibility index (Phi) is 5.23.